The number of ether oxygens (including phenoxy) is 2. The summed E-state index contributed by atoms with van der Waals surface area (Å²) in [6.07, 6.45) is 7.91. The molecule has 188 valence electrons. The largest absolute Gasteiger partial charge is 0.497 e. The number of nitrogens with zero attached hydrogens (tertiary/aromatic N) is 6. The van der Waals surface area contributed by atoms with E-state index in [0.717, 1.165) is 70.6 Å². The van der Waals surface area contributed by atoms with Crippen molar-refractivity contribution >= 4 is 22.4 Å². The van der Waals surface area contributed by atoms with Gasteiger partial charge in [0.05, 0.1) is 43.3 Å². The van der Waals surface area contributed by atoms with E-state index in [1.165, 1.54) is 19.5 Å². The monoisotopic (exact) mass is 486 g/mol. The molecule has 8 nitrogen and oxygen atoms in total. The first-order chi connectivity index (χ1) is 17.5. The molecule has 5 rings (SSSR count). The highest BCUT2D eigenvalue weighted by Gasteiger charge is 2.19. The molecule has 4 aromatic rings. The van der Waals surface area contributed by atoms with Crippen molar-refractivity contribution in [3.05, 3.63) is 55.0 Å². The van der Waals surface area contributed by atoms with Crippen LogP contribution in [0.5, 0.6) is 11.5 Å². The SMILES string of the molecule is COc1cc(OC)cc(N(CCCN2CCC(C)C2)c2ccc3ncc(-c4cnn(C)c4)nc3c2)c1. The fourth-order valence-electron chi connectivity index (χ4n) is 4.90. The van der Waals surface area contributed by atoms with Crippen LogP contribution in [0.4, 0.5) is 11.4 Å². The van der Waals surface area contributed by atoms with Gasteiger partial charge in [0.15, 0.2) is 0 Å². The number of hydrogen-bond acceptors (Lipinski definition) is 7. The van der Waals surface area contributed by atoms with Gasteiger partial charge >= 0.3 is 0 Å². The summed E-state index contributed by atoms with van der Waals surface area (Å²) in [4.78, 5) is 14.5. The zero-order chi connectivity index (χ0) is 25.1. The Hall–Kier alpha value is -3.65. The van der Waals surface area contributed by atoms with E-state index in [2.05, 4.69) is 51.1 Å². The molecule has 2 aromatic carbocycles. The number of aryl methyl sites for hydroxylation is 1. The van der Waals surface area contributed by atoms with Gasteiger partial charge in [0.25, 0.3) is 0 Å². The van der Waals surface area contributed by atoms with Crippen molar-refractivity contribution in [2.24, 2.45) is 13.0 Å². The smallest absolute Gasteiger partial charge is 0.124 e. The molecule has 1 aliphatic rings. The first-order valence-corrected chi connectivity index (χ1v) is 12.5. The molecule has 8 heteroatoms. The number of rotatable bonds is 9. The molecule has 2 aromatic heterocycles. The number of hydrogen-bond donors (Lipinski definition) is 0. The third kappa shape index (κ3) is 5.28. The lowest BCUT2D eigenvalue weighted by atomic mass is 10.1. The summed E-state index contributed by atoms with van der Waals surface area (Å²) < 4.78 is 12.9. The summed E-state index contributed by atoms with van der Waals surface area (Å²) in [6.45, 7) is 6.67. The highest BCUT2D eigenvalue weighted by molar-refractivity contribution is 5.82. The van der Waals surface area contributed by atoms with Crippen LogP contribution in [-0.2, 0) is 7.05 Å². The van der Waals surface area contributed by atoms with Crippen LogP contribution in [-0.4, -0.2) is 65.0 Å². The van der Waals surface area contributed by atoms with E-state index in [1.54, 1.807) is 25.1 Å². The van der Waals surface area contributed by atoms with Crippen LogP contribution < -0.4 is 14.4 Å². The Labute approximate surface area is 212 Å². The first-order valence-electron chi connectivity index (χ1n) is 12.5. The van der Waals surface area contributed by atoms with Crippen molar-refractivity contribution in [1.29, 1.82) is 0 Å². The molecule has 0 spiro atoms. The zero-order valence-corrected chi connectivity index (χ0v) is 21.5. The minimum Gasteiger partial charge on any atom is -0.497 e. The maximum Gasteiger partial charge on any atom is 0.124 e. The molecule has 0 bridgehead atoms. The number of fused-ring (bicyclic) bond motifs is 1. The van der Waals surface area contributed by atoms with Crippen LogP contribution in [0.15, 0.2) is 55.0 Å². The van der Waals surface area contributed by atoms with Gasteiger partial charge in [-0.3, -0.25) is 9.67 Å². The number of benzene rings is 2. The van der Waals surface area contributed by atoms with Gasteiger partial charge in [-0.1, -0.05) is 6.92 Å². The lowest BCUT2D eigenvalue weighted by Crippen LogP contribution is -2.26. The highest BCUT2D eigenvalue weighted by atomic mass is 16.5. The normalized spacial score (nSPS) is 15.9. The topological polar surface area (TPSA) is 68.5 Å². The molecular formula is C28H34N6O2. The fourth-order valence-corrected chi connectivity index (χ4v) is 4.90. The van der Waals surface area contributed by atoms with E-state index in [4.69, 9.17) is 14.5 Å². The molecule has 0 amide bonds. The van der Waals surface area contributed by atoms with Crippen LogP contribution in [0.2, 0.25) is 0 Å². The molecular weight excluding hydrogens is 452 g/mol. The number of likely N-dealkylation sites (tertiary alicyclic amines) is 1. The number of methoxy groups -OCH3 is 2. The molecule has 1 unspecified atom stereocenters. The van der Waals surface area contributed by atoms with Crippen molar-refractivity contribution in [2.45, 2.75) is 19.8 Å². The second-order valence-electron chi connectivity index (χ2n) is 9.60. The van der Waals surface area contributed by atoms with Crippen LogP contribution in [0, 0.1) is 5.92 Å². The molecule has 3 heterocycles. The Bertz CT molecular complexity index is 1310. The van der Waals surface area contributed by atoms with E-state index in [0.29, 0.717) is 0 Å². The summed E-state index contributed by atoms with van der Waals surface area (Å²) in [6, 6.07) is 12.3. The standard InChI is InChI=1S/C28H34N6O2/c1-20-8-11-33(18-20)9-5-10-34(23-12-24(35-3)15-25(13-23)36-4)22-6-7-26-27(14-22)31-28(17-29-26)21-16-30-32(2)19-21/h6-7,12-17,19-20H,5,8-11,18H2,1-4H3. The van der Waals surface area contributed by atoms with Gasteiger partial charge in [-0.05, 0) is 50.0 Å². The second kappa shape index (κ2) is 10.5. The maximum atomic E-state index is 5.57. The predicted octanol–water partition coefficient (Wildman–Crippen LogP) is 4.92. The molecule has 1 fully saturated rings. The van der Waals surface area contributed by atoms with Crippen molar-refractivity contribution in [2.75, 3.05) is 45.3 Å². The van der Waals surface area contributed by atoms with Crippen molar-refractivity contribution in [1.82, 2.24) is 24.6 Å². The quantitative estimate of drug-likeness (QED) is 0.333. The molecule has 0 saturated carbocycles. The van der Waals surface area contributed by atoms with Crippen LogP contribution in [0.1, 0.15) is 19.8 Å². The van der Waals surface area contributed by atoms with Crippen LogP contribution >= 0.6 is 0 Å². The molecule has 1 atom stereocenters. The third-order valence-electron chi connectivity index (χ3n) is 6.85. The number of anilines is 2. The van der Waals surface area contributed by atoms with Gasteiger partial charge in [-0.25, -0.2) is 4.98 Å². The number of aromatic nitrogens is 4. The van der Waals surface area contributed by atoms with Gasteiger partial charge in [-0.2, -0.15) is 5.10 Å². The molecule has 1 saturated heterocycles. The first kappa shape index (κ1) is 24.1. The fraction of sp³-hybridized carbons (Fsp3) is 0.393. The zero-order valence-electron chi connectivity index (χ0n) is 21.5. The molecule has 36 heavy (non-hydrogen) atoms. The Kier molecular flexibility index (Phi) is 7.04. The Morgan fingerprint density at radius 2 is 1.81 bits per heavy atom. The van der Waals surface area contributed by atoms with E-state index in [-0.39, 0.29) is 0 Å². The summed E-state index contributed by atoms with van der Waals surface area (Å²) in [5.41, 5.74) is 5.56. The van der Waals surface area contributed by atoms with Crippen molar-refractivity contribution in [3.8, 4) is 22.8 Å². The highest BCUT2D eigenvalue weighted by Crippen LogP contribution is 2.34. The predicted molar refractivity (Wildman–Crippen MR) is 143 cm³/mol. The average Bonchev–Trinajstić information content (AvgIpc) is 3.53. The van der Waals surface area contributed by atoms with Crippen molar-refractivity contribution in [3.63, 3.8) is 0 Å². The van der Waals surface area contributed by atoms with E-state index in [1.807, 2.05) is 31.6 Å². The minimum atomic E-state index is 0.766. The summed E-state index contributed by atoms with van der Waals surface area (Å²) >= 11 is 0. The van der Waals surface area contributed by atoms with Gasteiger partial charge in [0, 0.05) is 61.5 Å². The molecule has 1 aliphatic heterocycles. The maximum absolute atomic E-state index is 5.57. The van der Waals surface area contributed by atoms with Crippen molar-refractivity contribution < 1.29 is 9.47 Å². The molecule has 0 radical (unpaired) electrons. The third-order valence-corrected chi connectivity index (χ3v) is 6.85. The van der Waals surface area contributed by atoms with Crippen LogP contribution in [0.25, 0.3) is 22.3 Å². The molecule has 0 aliphatic carbocycles. The Morgan fingerprint density at radius 1 is 1.00 bits per heavy atom. The lowest BCUT2D eigenvalue weighted by Gasteiger charge is -2.27. The van der Waals surface area contributed by atoms with Gasteiger partial charge in [0.1, 0.15) is 11.5 Å². The summed E-state index contributed by atoms with van der Waals surface area (Å²) in [5.74, 6) is 2.32. The van der Waals surface area contributed by atoms with E-state index < -0.39 is 0 Å². The summed E-state index contributed by atoms with van der Waals surface area (Å²) in [5, 5.41) is 4.28. The lowest BCUT2D eigenvalue weighted by molar-refractivity contribution is 0.325. The molecule has 0 N–H and O–H groups in total. The van der Waals surface area contributed by atoms with Gasteiger partial charge < -0.3 is 19.3 Å². The van der Waals surface area contributed by atoms with E-state index >= 15 is 0 Å². The van der Waals surface area contributed by atoms with Gasteiger partial charge in [0.2, 0.25) is 0 Å². The minimum absolute atomic E-state index is 0.766. The van der Waals surface area contributed by atoms with Gasteiger partial charge in [-0.15, -0.1) is 0 Å². The van der Waals surface area contributed by atoms with Crippen LogP contribution in [0.3, 0.4) is 0 Å². The second-order valence-corrected chi connectivity index (χ2v) is 9.60. The van der Waals surface area contributed by atoms with E-state index in [9.17, 15) is 0 Å². The summed E-state index contributed by atoms with van der Waals surface area (Å²) in [7, 11) is 5.27. The Balaban J connectivity index is 1.49. The Morgan fingerprint density at radius 3 is 2.47 bits per heavy atom. The average molecular weight is 487 g/mol.